The Hall–Kier alpha value is -1.39. The first-order valence-electron chi connectivity index (χ1n) is 8.24. The molecule has 148 valence electrons. The third-order valence-corrected chi connectivity index (χ3v) is 4.51. The molecule has 0 aromatic carbocycles. The van der Waals surface area contributed by atoms with Gasteiger partial charge in [-0.3, -0.25) is 9.69 Å². The van der Waals surface area contributed by atoms with Crippen molar-refractivity contribution in [3.8, 4) is 0 Å². The Morgan fingerprint density at radius 1 is 1.27 bits per heavy atom. The van der Waals surface area contributed by atoms with Crippen molar-refractivity contribution < 1.29 is 27.1 Å². The first-order valence-corrected chi connectivity index (χ1v) is 8.62. The fourth-order valence-corrected chi connectivity index (χ4v) is 2.96. The lowest BCUT2D eigenvalue weighted by Crippen LogP contribution is -2.39. The minimum atomic E-state index is -3.13. The van der Waals surface area contributed by atoms with Crippen LogP contribution >= 0.6 is 11.6 Å². The van der Waals surface area contributed by atoms with Crippen molar-refractivity contribution >= 4 is 17.5 Å². The van der Waals surface area contributed by atoms with Gasteiger partial charge in [0.05, 0.1) is 18.2 Å². The second-order valence-corrected chi connectivity index (χ2v) is 6.28. The SMILES string of the molecule is CC(C(=O)NCCCN1CCOCC1)n1nc(C(F)F)c(Cl)c1C(F)F. The number of nitrogens with zero attached hydrogens (tertiary/aromatic N) is 3. The predicted octanol–water partition coefficient (Wildman–Crippen LogP) is 2.81. The molecule has 1 N–H and O–H groups in total. The van der Waals surface area contributed by atoms with Gasteiger partial charge < -0.3 is 10.1 Å². The highest BCUT2D eigenvalue weighted by Gasteiger charge is 2.31. The second kappa shape index (κ2) is 9.52. The van der Waals surface area contributed by atoms with Crippen LogP contribution in [0.2, 0.25) is 5.02 Å². The van der Waals surface area contributed by atoms with Crippen molar-refractivity contribution in [2.24, 2.45) is 0 Å². The monoisotopic (exact) mass is 400 g/mol. The van der Waals surface area contributed by atoms with Gasteiger partial charge in [-0.1, -0.05) is 11.6 Å². The van der Waals surface area contributed by atoms with Crippen LogP contribution in [0.15, 0.2) is 0 Å². The largest absolute Gasteiger partial charge is 0.379 e. The Kier molecular flexibility index (Phi) is 7.66. The molecule has 11 heteroatoms. The lowest BCUT2D eigenvalue weighted by molar-refractivity contribution is -0.124. The van der Waals surface area contributed by atoms with Gasteiger partial charge >= 0.3 is 0 Å². The molecule has 1 aliphatic heterocycles. The summed E-state index contributed by atoms with van der Waals surface area (Å²) in [5.74, 6) is -0.589. The third kappa shape index (κ3) is 5.08. The Morgan fingerprint density at radius 3 is 2.50 bits per heavy atom. The maximum absolute atomic E-state index is 13.2. The summed E-state index contributed by atoms with van der Waals surface area (Å²) in [4.78, 5) is 14.4. The summed E-state index contributed by atoms with van der Waals surface area (Å²) in [6, 6.07) is -1.19. The number of aromatic nitrogens is 2. The summed E-state index contributed by atoms with van der Waals surface area (Å²) in [6.07, 6.45) is -5.56. The highest BCUT2D eigenvalue weighted by Crippen LogP contribution is 2.36. The molecule has 1 saturated heterocycles. The molecule has 0 bridgehead atoms. The molecule has 0 saturated carbocycles. The number of nitrogens with one attached hydrogen (secondary N) is 1. The number of carbonyl (C=O) groups is 1. The van der Waals surface area contributed by atoms with Gasteiger partial charge in [0, 0.05) is 19.6 Å². The van der Waals surface area contributed by atoms with Gasteiger partial charge in [0.1, 0.15) is 17.4 Å². The summed E-state index contributed by atoms with van der Waals surface area (Å²) < 4.78 is 57.8. The number of carbonyl (C=O) groups excluding carboxylic acids is 1. The molecule has 2 rings (SSSR count). The van der Waals surface area contributed by atoms with Gasteiger partial charge in [0.25, 0.3) is 12.9 Å². The molecule has 1 unspecified atom stereocenters. The van der Waals surface area contributed by atoms with Gasteiger partial charge in [0.15, 0.2) is 0 Å². The highest BCUT2D eigenvalue weighted by molar-refractivity contribution is 6.32. The van der Waals surface area contributed by atoms with Crippen LogP contribution in [-0.2, 0) is 9.53 Å². The first kappa shape index (κ1) is 20.9. The average Bonchev–Trinajstić information content (AvgIpc) is 2.96. The zero-order valence-corrected chi connectivity index (χ0v) is 15.0. The van der Waals surface area contributed by atoms with E-state index in [2.05, 4.69) is 15.3 Å². The molecule has 1 fully saturated rings. The molecule has 2 heterocycles. The van der Waals surface area contributed by atoms with E-state index in [-0.39, 0.29) is 0 Å². The van der Waals surface area contributed by atoms with E-state index in [0.29, 0.717) is 30.9 Å². The summed E-state index contributed by atoms with van der Waals surface area (Å²) >= 11 is 5.59. The number of morpholine rings is 1. The van der Waals surface area contributed by atoms with E-state index in [1.165, 1.54) is 6.92 Å². The summed E-state index contributed by atoms with van der Waals surface area (Å²) in [5.41, 5.74) is -1.83. The average molecular weight is 401 g/mol. The molecule has 0 aliphatic carbocycles. The van der Waals surface area contributed by atoms with Crippen LogP contribution in [-0.4, -0.2) is 60.0 Å². The number of hydrogen-bond acceptors (Lipinski definition) is 4. The maximum atomic E-state index is 13.2. The third-order valence-electron chi connectivity index (χ3n) is 4.13. The fraction of sp³-hybridized carbons (Fsp3) is 0.733. The topological polar surface area (TPSA) is 59.4 Å². The number of rotatable bonds is 8. The Balaban J connectivity index is 1.93. The predicted molar refractivity (Wildman–Crippen MR) is 86.7 cm³/mol. The number of ether oxygens (including phenoxy) is 1. The van der Waals surface area contributed by atoms with Crippen molar-refractivity contribution in [3.05, 3.63) is 16.4 Å². The van der Waals surface area contributed by atoms with Gasteiger partial charge in [-0.05, 0) is 19.9 Å². The lowest BCUT2D eigenvalue weighted by Gasteiger charge is -2.26. The van der Waals surface area contributed by atoms with Crippen LogP contribution < -0.4 is 5.32 Å². The summed E-state index contributed by atoms with van der Waals surface area (Å²) in [7, 11) is 0. The molecule has 1 amide bonds. The molecular weight excluding hydrogens is 380 g/mol. The minimum Gasteiger partial charge on any atom is -0.379 e. The quantitative estimate of drug-likeness (QED) is 0.538. The Labute approximate surface area is 153 Å². The van der Waals surface area contributed by atoms with Crippen molar-refractivity contribution in [2.75, 3.05) is 39.4 Å². The van der Waals surface area contributed by atoms with Crippen LogP contribution in [0, 0.1) is 0 Å². The summed E-state index contributed by atoms with van der Waals surface area (Å²) in [6.45, 7) is 5.40. The van der Waals surface area contributed by atoms with Crippen LogP contribution in [0.25, 0.3) is 0 Å². The van der Waals surface area contributed by atoms with Crippen LogP contribution in [0.3, 0.4) is 0 Å². The number of hydrogen-bond donors (Lipinski definition) is 1. The molecule has 1 atom stereocenters. The molecular formula is C15H21ClF4N4O2. The fourth-order valence-electron chi connectivity index (χ4n) is 2.67. The van der Waals surface area contributed by atoms with E-state index in [1.807, 2.05) is 0 Å². The van der Waals surface area contributed by atoms with E-state index >= 15 is 0 Å². The van der Waals surface area contributed by atoms with E-state index in [9.17, 15) is 22.4 Å². The number of halogens is 5. The van der Waals surface area contributed by atoms with Crippen molar-refractivity contribution in [1.82, 2.24) is 20.0 Å². The Morgan fingerprint density at radius 2 is 1.92 bits per heavy atom. The van der Waals surface area contributed by atoms with Crippen LogP contribution in [0.4, 0.5) is 17.6 Å². The zero-order chi connectivity index (χ0) is 19.3. The maximum Gasteiger partial charge on any atom is 0.283 e. The number of alkyl halides is 4. The highest BCUT2D eigenvalue weighted by atomic mass is 35.5. The molecule has 1 aliphatic rings. The van der Waals surface area contributed by atoms with Crippen molar-refractivity contribution in [3.63, 3.8) is 0 Å². The molecule has 26 heavy (non-hydrogen) atoms. The van der Waals surface area contributed by atoms with Crippen LogP contribution in [0.5, 0.6) is 0 Å². The first-order chi connectivity index (χ1) is 12.3. The van der Waals surface area contributed by atoms with Gasteiger partial charge in [-0.25, -0.2) is 22.2 Å². The molecule has 0 spiro atoms. The molecule has 0 radical (unpaired) electrons. The Bertz CT molecular complexity index is 609. The van der Waals surface area contributed by atoms with E-state index in [0.717, 1.165) is 19.6 Å². The smallest absolute Gasteiger partial charge is 0.283 e. The summed E-state index contributed by atoms with van der Waals surface area (Å²) in [5, 5.41) is 5.23. The molecule has 6 nitrogen and oxygen atoms in total. The van der Waals surface area contributed by atoms with Gasteiger partial charge in [0.2, 0.25) is 5.91 Å². The minimum absolute atomic E-state index is 0.335. The second-order valence-electron chi connectivity index (χ2n) is 5.90. The van der Waals surface area contributed by atoms with Crippen LogP contribution in [0.1, 0.15) is 43.6 Å². The standard InChI is InChI=1S/C15H21ClF4N4O2/c1-9(15(25)21-3-2-4-23-5-7-26-8-6-23)24-12(14(19)20)10(16)11(22-24)13(17)18/h9,13-14H,2-8H2,1H3,(H,21,25). The van der Waals surface area contributed by atoms with E-state index in [1.54, 1.807) is 0 Å². The van der Waals surface area contributed by atoms with Gasteiger partial charge in [-0.15, -0.1) is 0 Å². The van der Waals surface area contributed by atoms with Gasteiger partial charge in [-0.2, -0.15) is 5.10 Å². The van der Waals surface area contributed by atoms with E-state index in [4.69, 9.17) is 16.3 Å². The normalized spacial score (nSPS) is 17.1. The lowest BCUT2D eigenvalue weighted by atomic mass is 10.2. The van der Waals surface area contributed by atoms with Crippen molar-refractivity contribution in [1.29, 1.82) is 0 Å². The van der Waals surface area contributed by atoms with Crippen molar-refractivity contribution in [2.45, 2.75) is 32.2 Å². The molecule has 1 aromatic heterocycles. The van der Waals surface area contributed by atoms with E-state index < -0.39 is 41.2 Å². The zero-order valence-electron chi connectivity index (χ0n) is 14.2. The number of amides is 1. The molecule has 1 aromatic rings.